The molecule has 0 unspecified atom stereocenters. The number of carbonyl (C=O) groups excluding carboxylic acids is 1. The zero-order valence-corrected chi connectivity index (χ0v) is 15.3. The third kappa shape index (κ3) is 5.06. The second-order valence-corrected chi connectivity index (χ2v) is 7.08. The molecule has 1 amide bonds. The summed E-state index contributed by atoms with van der Waals surface area (Å²) in [6.07, 6.45) is 9.07. The molecule has 0 spiro atoms. The summed E-state index contributed by atoms with van der Waals surface area (Å²) in [5.74, 6) is 1.78. The highest BCUT2D eigenvalue weighted by molar-refractivity contribution is 5.76. The average molecular weight is 346 g/mol. The predicted octanol–water partition coefficient (Wildman–Crippen LogP) is 3.03. The minimum absolute atomic E-state index is 0.281. The van der Waals surface area contributed by atoms with Crippen LogP contribution in [0.4, 0.5) is 5.82 Å². The van der Waals surface area contributed by atoms with E-state index in [1.165, 1.54) is 19.3 Å². The molecule has 138 valence electrons. The fourth-order valence-electron chi connectivity index (χ4n) is 3.57. The second kappa shape index (κ2) is 9.02. The lowest BCUT2D eigenvalue weighted by molar-refractivity contribution is -0.131. The van der Waals surface area contributed by atoms with Gasteiger partial charge in [0.2, 0.25) is 11.8 Å². The van der Waals surface area contributed by atoms with Crippen molar-refractivity contribution in [1.29, 1.82) is 0 Å². The fourth-order valence-corrected chi connectivity index (χ4v) is 3.57. The smallest absolute Gasteiger partial charge is 0.233 e. The molecule has 6 heteroatoms. The lowest BCUT2D eigenvalue weighted by atomic mass is 9.98. The third-order valence-electron chi connectivity index (χ3n) is 5.17. The van der Waals surface area contributed by atoms with E-state index in [1.807, 2.05) is 17.0 Å². The van der Waals surface area contributed by atoms with Crippen molar-refractivity contribution in [3.8, 4) is 5.88 Å². The molecule has 1 aliphatic heterocycles. The van der Waals surface area contributed by atoms with E-state index in [1.54, 1.807) is 0 Å². The van der Waals surface area contributed by atoms with Gasteiger partial charge in [0, 0.05) is 38.7 Å². The maximum absolute atomic E-state index is 12.1. The summed E-state index contributed by atoms with van der Waals surface area (Å²) in [6, 6.07) is 3.91. The highest BCUT2D eigenvalue weighted by Crippen LogP contribution is 2.23. The number of aromatic nitrogens is 2. The van der Waals surface area contributed by atoms with Crippen LogP contribution in [0.1, 0.15) is 58.3 Å². The van der Waals surface area contributed by atoms with Gasteiger partial charge < -0.3 is 14.5 Å². The monoisotopic (exact) mass is 346 g/mol. The zero-order valence-electron chi connectivity index (χ0n) is 15.3. The van der Waals surface area contributed by atoms with E-state index in [2.05, 4.69) is 22.0 Å². The van der Waals surface area contributed by atoms with Crippen molar-refractivity contribution < 1.29 is 9.53 Å². The van der Waals surface area contributed by atoms with E-state index < -0.39 is 0 Å². The van der Waals surface area contributed by atoms with E-state index in [-0.39, 0.29) is 5.91 Å². The minimum Gasteiger partial charge on any atom is -0.473 e. The Kier molecular flexibility index (Phi) is 6.48. The van der Waals surface area contributed by atoms with E-state index in [0.717, 1.165) is 57.7 Å². The van der Waals surface area contributed by atoms with Crippen LogP contribution in [-0.4, -0.2) is 53.3 Å². The van der Waals surface area contributed by atoms with Crippen molar-refractivity contribution in [3.63, 3.8) is 0 Å². The standard InChI is InChI=1S/C19H30N4O2/c1-2-3-9-19(24)23-14-12-22(13-15-23)17-10-11-18(21-20-17)25-16-7-5-4-6-8-16/h10-11,16H,2-9,12-15H2,1H3. The first-order valence-corrected chi connectivity index (χ1v) is 9.79. The molecule has 6 nitrogen and oxygen atoms in total. The Labute approximate surface area is 150 Å². The highest BCUT2D eigenvalue weighted by atomic mass is 16.5. The maximum Gasteiger partial charge on any atom is 0.233 e. The quantitative estimate of drug-likeness (QED) is 0.792. The van der Waals surface area contributed by atoms with Crippen molar-refractivity contribution >= 4 is 11.7 Å². The molecule has 0 radical (unpaired) electrons. The number of piperazine rings is 1. The van der Waals surface area contributed by atoms with E-state index in [4.69, 9.17) is 4.74 Å². The van der Waals surface area contributed by atoms with Crippen LogP contribution in [0.3, 0.4) is 0 Å². The number of nitrogens with zero attached hydrogens (tertiary/aromatic N) is 4. The molecule has 1 aromatic heterocycles. The normalized spacial score (nSPS) is 19.1. The van der Waals surface area contributed by atoms with Crippen LogP contribution >= 0.6 is 0 Å². The predicted molar refractivity (Wildman–Crippen MR) is 97.9 cm³/mol. The van der Waals surface area contributed by atoms with Crippen LogP contribution in [-0.2, 0) is 4.79 Å². The van der Waals surface area contributed by atoms with Crippen molar-refractivity contribution in [2.45, 2.75) is 64.4 Å². The first-order chi connectivity index (χ1) is 12.3. The molecule has 2 fully saturated rings. The summed E-state index contributed by atoms with van der Waals surface area (Å²) in [4.78, 5) is 16.3. The number of hydrogen-bond donors (Lipinski definition) is 0. The summed E-state index contributed by atoms with van der Waals surface area (Å²) in [7, 11) is 0. The van der Waals surface area contributed by atoms with Gasteiger partial charge in [0.05, 0.1) is 0 Å². The summed E-state index contributed by atoms with van der Waals surface area (Å²) >= 11 is 0. The van der Waals surface area contributed by atoms with Crippen LogP contribution in [0.15, 0.2) is 12.1 Å². The molecule has 3 rings (SSSR count). The molecule has 25 heavy (non-hydrogen) atoms. The first kappa shape index (κ1) is 18.0. The summed E-state index contributed by atoms with van der Waals surface area (Å²) in [6.45, 7) is 5.28. The van der Waals surface area contributed by atoms with Gasteiger partial charge in [0.15, 0.2) is 5.82 Å². The van der Waals surface area contributed by atoms with E-state index in [0.29, 0.717) is 18.4 Å². The first-order valence-electron chi connectivity index (χ1n) is 9.79. The van der Waals surface area contributed by atoms with Crippen LogP contribution in [0.25, 0.3) is 0 Å². The molecule has 0 bridgehead atoms. The third-order valence-corrected chi connectivity index (χ3v) is 5.17. The Bertz CT molecular complexity index is 535. The molecular formula is C19H30N4O2. The number of carbonyl (C=O) groups is 1. The molecular weight excluding hydrogens is 316 g/mol. The van der Waals surface area contributed by atoms with Crippen LogP contribution in [0.2, 0.25) is 0 Å². The maximum atomic E-state index is 12.1. The molecule has 0 N–H and O–H groups in total. The lowest BCUT2D eigenvalue weighted by Gasteiger charge is -2.35. The largest absolute Gasteiger partial charge is 0.473 e. The highest BCUT2D eigenvalue weighted by Gasteiger charge is 2.22. The molecule has 1 saturated carbocycles. The Morgan fingerprint density at radius 3 is 2.52 bits per heavy atom. The SMILES string of the molecule is CCCCC(=O)N1CCN(c2ccc(OC3CCCCC3)nn2)CC1. The van der Waals surface area contributed by atoms with Crippen LogP contribution in [0, 0.1) is 0 Å². The van der Waals surface area contributed by atoms with Crippen molar-refractivity contribution in [2.75, 3.05) is 31.1 Å². The Hall–Kier alpha value is -1.85. The molecule has 1 aliphatic carbocycles. The van der Waals surface area contributed by atoms with Gasteiger partial charge in [-0.25, -0.2) is 0 Å². The fraction of sp³-hybridized carbons (Fsp3) is 0.737. The van der Waals surface area contributed by atoms with Gasteiger partial charge in [-0.05, 0) is 38.2 Å². The molecule has 2 heterocycles. The summed E-state index contributed by atoms with van der Waals surface area (Å²) < 4.78 is 5.94. The average Bonchev–Trinajstić information content (AvgIpc) is 2.68. The van der Waals surface area contributed by atoms with Gasteiger partial charge in [-0.2, -0.15) is 0 Å². The van der Waals surface area contributed by atoms with Crippen molar-refractivity contribution in [3.05, 3.63) is 12.1 Å². The second-order valence-electron chi connectivity index (χ2n) is 7.08. The minimum atomic E-state index is 0.281. The Morgan fingerprint density at radius 1 is 1.12 bits per heavy atom. The van der Waals surface area contributed by atoms with Crippen LogP contribution in [0.5, 0.6) is 5.88 Å². The van der Waals surface area contributed by atoms with Crippen molar-refractivity contribution in [2.24, 2.45) is 0 Å². The van der Waals surface area contributed by atoms with Gasteiger partial charge >= 0.3 is 0 Å². The number of ether oxygens (including phenoxy) is 1. The van der Waals surface area contributed by atoms with Crippen LogP contribution < -0.4 is 9.64 Å². The van der Waals surface area contributed by atoms with Gasteiger partial charge in [-0.3, -0.25) is 4.79 Å². The van der Waals surface area contributed by atoms with Gasteiger partial charge in [-0.1, -0.05) is 19.8 Å². The number of hydrogen-bond acceptors (Lipinski definition) is 5. The molecule has 0 aromatic carbocycles. The number of rotatable bonds is 6. The van der Waals surface area contributed by atoms with E-state index in [9.17, 15) is 4.79 Å². The molecule has 2 aliphatic rings. The van der Waals surface area contributed by atoms with Gasteiger partial charge in [0.1, 0.15) is 6.10 Å². The number of amides is 1. The molecule has 0 atom stereocenters. The Morgan fingerprint density at radius 2 is 1.88 bits per heavy atom. The summed E-state index contributed by atoms with van der Waals surface area (Å²) in [5, 5.41) is 8.58. The van der Waals surface area contributed by atoms with Crippen molar-refractivity contribution in [1.82, 2.24) is 15.1 Å². The molecule has 1 saturated heterocycles. The Balaban J connectivity index is 1.47. The van der Waals surface area contributed by atoms with Gasteiger partial charge in [-0.15, -0.1) is 10.2 Å². The number of anilines is 1. The lowest BCUT2D eigenvalue weighted by Crippen LogP contribution is -2.49. The topological polar surface area (TPSA) is 58.6 Å². The molecule has 1 aromatic rings. The van der Waals surface area contributed by atoms with Gasteiger partial charge in [0.25, 0.3) is 0 Å². The number of unbranched alkanes of at least 4 members (excludes halogenated alkanes) is 1. The summed E-state index contributed by atoms with van der Waals surface area (Å²) in [5.41, 5.74) is 0. The van der Waals surface area contributed by atoms with E-state index >= 15 is 0 Å². The zero-order chi connectivity index (χ0) is 17.5.